The number of rotatable bonds is 5. The van der Waals surface area contributed by atoms with Crippen LogP contribution in [0.4, 0.5) is 10.1 Å². The minimum atomic E-state index is -0.597. The van der Waals surface area contributed by atoms with Gasteiger partial charge in [-0.15, -0.1) is 0 Å². The van der Waals surface area contributed by atoms with Crippen LogP contribution in [0.3, 0.4) is 0 Å². The van der Waals surface area contributed by atoms with Gasteiger partial charge in [0.25, 0.3) is 0 Å². The van der Waals surface area contributed by atoms with Gasteiger partial charge >= 0.3 is 5.69 Å². The van der Waals surface area contributed by atoms with E-state index in [1.807, 2.05) is 48.5 Å². The van der Waals surface area contributed by atoms with Gasteiger partial charge in [0.05, 0.1) is 4.92 Å². The summed E-state index contributed by atoms with van der Waals surface area (Å²) in [5, 5.41) is 11.7. The van der Waals surface area contributed by atoms with Gasteiger partial charge in [0.1, 0.15) is 12.4 Å². The normalized spacial score (nSPS) is 9.77. The first-order valence-corrected chi connectivity index (χ1v) is 8.93. The Balaban J connectivity index is 0.000000254. The van der Waals surface area contributed by atoms with Crippen LogP contribution >= 0.6 is 15.9 Å². The SMILES string of the molecule is BrCc1ccccc1.O=[N+]([O-])c1ccc(F)cc1OCc1ccccc1. The van der Waals surface area contributed by atoms with E-state index in [9.17, 15) is 14.5 Å². The molecular weight excluding hydrogens is 401 g/mol. The van der Waals surface area contributed by atoms with Crippen molar-refractivity contribution in [3.63, 3.8) is 0 Å². The van der Waals surface area contributed by atoms with E-state index in [2.05, 4.69) is 28.1 Å². The van der Waals surface area contributed by atoms with Crippen LogP contribution in [0.1, 0.15) is 11.1 Å². The summed E-state index contributed by atoms with van der Waals surface area (Å²) in [5.41, 5.74) is 1.94. The van der Waals surface area contributed by atoms with Crippen molar-refractivity contribution in [1.82, 2.24) is 0 Å². The number of halogens is 2. The van der Waals surface area contributed by atoms with Gasteiger partial charge in [-0.05, 0) is 17.2 Å². The Bertz CT molecular complexity index is 829. The van der Waals surface area contributed by atoms with Crippen LogP contribution in [-0.2, 0) is 11.9 Å². The van der Waals surface area contributed by atoms with Crippen LogP contribution in [0, 0.1) is 15.9 Å². The highest BCUT2D eigenvalue weighted by Gasteiger charge is 2.15. The lowest BCUT2D eigenvalue weighted by molar-refractivity contribution is -0.386. The molecule has 26 heavy (non-hydrogen) atoms. The van der Waals surface area contributed by atoms with Crippen molar-refractivity contribution in [3.05, 3.63) is 106 Å². The van der Waals surface area contributed by atoms with Crippen LogP contribution < -0.4 is 4.74 Å². The van der Waals surface area contributed by atoms with Gasteiger partial charge in [-0.25, -0.2) is 4.39 Å². The maximum absolute atomic E-state index is 13.0. The molecule has 0 radical (unpaired) electrons. The zero-order valence-corrected chi connectivity index (χ0v) is 15.4. The lowest BCUT2D eigenvalue weighted by Crippen LogP contribution is -1.99. The summed E-state index contributed by atoms with van der Waals surface area (Å²) in [5.74, 6) is -0.632. The molecule has 134 valence electrons. The highest BCUT2D eigenvalue weighted by molar-refractivity contribution is 9.08. The Morgan fingerprint density at radius 2 is 1.50 bits per heavy atom. The molecule has 0 spiro atoms. The molecule has 0 aromatic heterocycles. The molecule has 3 aromatic rings. The molecule has 0 atom stereocenters. The van der Waals surface area contributed by atoms with Gasteiger partial charge in [0.15, 0.2) is 5.75 Å². The number of nitrogens with zero attached hydrogens (tertiary/aromatic N) is 1. The first kappa shape index (κ1) is 19.6. The number of alkyl halides is 1. The largest absolute Gasteiger partial charge is 0.482 e. The Morgan fingerprint density at radius 3 is 2.00 bits per heavy atom. The van der Waals surface area contributed by atoms with Crippen LogP contribution in [0.15, 0.2) is 78.9 Å². The van der Waals surface area contributed by atoms with Gasteiger partial charge in [-0.3, -0.25) is 10.1 Å². The molecule has 0 bridgehead atoms. The van der Waals surface area contributed by atoms with Crippen LogP contribution in [0.2, 0.25) is 0 Å². The lowest BCUT2D eigenvalue weighted by atomic mass is 10.2. The molecule has 0 saturated heterocycles. The fraction of sp³-hybridized carbons (Fsp3) is 0.100. The fourth-order valence-corrected chi connectivity index (χ4v) is 2.43. The molecule has 3 aromatic carbocycles. The van der Waals surface area contributed by atoms with E-state index < -0.39 is 10.7 Å². The first-order valence-electron chi connectivity index (χ1n) is 7.80. The number of hydrogen-bond donors (Lipinski definition) is 0. The highest BCUT2D eigenvalue weighted by Crippen LogP contribution is 2.28. The monoisotopic (exact) mass is 417 g/mol. The topological polar surface area (TPSA) is 52.4 Å². The molecule has 0 fully saturated rings. The molecule has 0 N–H and O–H groups in total. The van der Waals surface area contributed by atoms with E-state index in [4.69, 9.17) is 4.74 Å². The Labute approximate surface area is 159 Å². The Morgan fingerprint density at radius 1 is 0.923 bits per heavy atom. The molecule has 0 aliphatic rings. The standard InChI is InChI=1S/C13H10FNO3.C7H7Br/c14-11-6-7-12(15(16)17)13(8-11)18-9-10-4-2-1-3-5-10;8-6-7-4-2-1-3-5-7/h1-8H,9H2;1-5H,6H2. The predicted octanol–water partition coefficient (Wildman–Crippen LogP) is 5.89. The van der Waals surface area contributed by atoms with Crippen molar-refractivity contribution in [3.8, 4) is 5.75 Å². The maximum atomic E-state index is 13.0. The Hall–Kier alpha value is -2.73. The second-order valence-electron chi connectivity index (χ2n) is 5.26. The van der Waals surface area contributed by atoms with Gasteiger partial charge in [-0.1, -0.05) is 76.6 Å². The molecule has 3 rings (SSSR count). The van der Waals surface area contributed by atoms with E-state index in [0.29, 0.717) is 0 Å². The van der Waals surface area contributed by atoms with Crippen molar-refractivity contribution >= 4 is 21.6 Å². The average molecular weight is 418 g/mol. The van der Waals surface area contributed by atoms with Crippen molar-refractivity contribution in [1.29, 1.82) is 0 Å². The number of hydrogen-bond acceptors (Lipinski definition) is 3. The quantitative estimate of drug-likeness (QED) is 0.295. The lowest BCUT2D eigenvalue weighted by Gasteiger charge is -2.06. The summed E-state index contributed by atoms with van der Waals surface area (Å²) in [7, 11) is 0. The second-order valence-corrected chi connectivity index (χ2v) is 5.82. The molecule has 0 saturated carbocycles. The van der Waals surface area contributed by atoms with Gasteiger partial charge in [-0.2, -0.15) is 0 Å². The van der Waals surface area contributed by atoms with Crippen molar-refractivity contribution < 1.29 is 14.1 Å². The number of nitro groups is 1. The van der Waals surface area contributed by atoms with E-state index in [-0.39, 0.29) is 18.0 Å². The smallest absolute Gasteiger partial charge is 0.311 e. The van der Waals surface area contributed by atoms with Crippen molar-refractivity contribution in [2.75, 3.05) is 0 Å². The number of nitro benzene ring substituents is 1. The highest BCUT2D eigenvalue weighted by atomic mass is 79.9. The summed E-state index contributed by atoms with van der Waals surface area (Å²) in [4.78, 5) is 10.2. The minimum Gasteiger partial charge on any atom is -0.482 e. The molecule has 0 aliphatic carbocycles. The fourth-order valence-electron chi connectivity index (χ4n) is 2.06. The summed E-state index contributed by atoms with van der Waals surface area (Å²) >= 11 is 3.36. The second kappa shape index (κ2) is 10.3. The van der Waals surface area contributed by atoms with Gasteiger partial charge in [0.2, 0.25) is 0 Å². The third-order valence-corrected chi connectivity index (χ3v) is 4.00. The average Bonchev–Trinajstić information content (AvgIpc) is 2.68. The number of ether oxygens (including phenoxy) is 1. The van der Waals surface area contributed by atoms with E-state index in [1.165, 1.54) is 5.56 Å². The summed E-state index contributed by atoms with van der Waals surface area (Å²) in [6, 6.07) is 22.6. The zero-order chi connectivity index (χ0) is 18.8. The molecule has 0 aliphatic heterocycles. The molecule has 6 heteroatoms. The number of benzene rings is 3. The van der Waals surface area contributed by atoms with Gasteiger partial charge in [0, 0.05) is 17.5 Å². The first-order chi connectivity index (χ1) is 12.6. The maximum Gasteiger partial charge on any atom is 0.311 e. The van der Waals surface area contributed by atoms with Crippen molar-refractivity contribution in [2.24, 2.45) is 0 Å². The molecule has 0 heterocycles. The Kier molecular flexibility index (Phi) is 7.76. The third-order valence-electron chi connectivity index (χ3n) is 3.35. The summed E-state index contributed by atoms with van der Waals surface area (Å²) in [6.45, 7) is 0.158. The van der Waals surface area contributed by atoms with Crippen molar-refractivity contribution in [2.45, 2.75) is 11.9 Å². The zero-order valence-electron chi connectivity index (χ0n) is 13.8. The van der Waals surface area contributed by atoms with E-state index >= 15 is 0 Å². The van der Waals surface area contributed by atoms with E-state index in [0.717, 1.165) is 29.1 Å². The van der Waals surface area contributed by atoms with Gasteiger partial charge < -0.3 is 4.74 Å². The van der Waals surface area contributed by atoms with Crippen LogP contribution in [0.25, 0.3) is 0 Å². The molecular formula is C20H17BrFNO3. The molecule has 4 nitrogen and oxygen atoms in total. The third kappa shape index (κ3) is 6.29. The van der Waals surface area contributed by atoms with Crippen LogP contribution in [0.5, 0.6) is 5.75 Å². The molecule has 0 unspecified atom stereocenters. The van der Waals surface area contributed by atoms with E-state index in [1.54, 1.807) is 0 Å². The minimum absolute atomic E-state index is 0.0659. The predicted molar refractivity (Wildman–Crippen MR) is 103 cm³/mol. The molecule has 0 amide bonds. The van der Waals surface area contributed by atoms with Crippen LogP contribution in [-0.4, -0.2) is 4.92 Å². The summed E-state index contributed by atoms with van der Waals surface area (Å²) in [6.07, 6.45) is 0. The summed E-state index contributed by atoms with van der Waals surface area (Å²) < 4.78 is 18.3.